The molecule has 0 bridgehead atoms. The molecule has 25 heavy (non-hydrogen) atoms. The van der Waals surface area contributed by atoms with Crippen LogP contribution in [0.1, 0.15) is 34.7 Å². The Balaban J connectivity index is 1.66. The third kappa shape index (κ3) is 3.26. The predicted octanol–water partition coefficient (Wildman–Crippen LogP) is 4.33. The average Bonchev–Trinajstić information content (AvgIpc) is 3.05. The summed E-state index contributed by atoms with van der Waals surface area (Å²) in [6.45, 7) is 2.12. The van der Waals surface area contributed by atoms with Crippen LogP contribution in [0.25, 0.3) is 0 Å². The van der Waals surface area contributed by atoms with Gasteiger partial charge in [0.1, 0.15) is 5.75 Å². The molecule has 4 rings (SSSR count). The van der Waals surface area contributed by atoms with Gasteiger partial charge in [0.25, 0.3) is 0 Å². The molecule has 0 amide bonds. The maximum atomic E-state index is 6.31. The van der Waals surface area contributed by atoms with Gasteiger partial charge < -0.3 is 9.47 Å². The topological polar surface area (TPSA) is 21.7 Å². The zero-order chi connectivity index (χ0) is 17.2. The van der Waals surface area contributed by atoms with E-state index in [2.05, 4.69) is 35.1 Å². The standard InChI is InChI=1S/C21H20ClNO2/c1-2-9-23(20-8-7-15-5-3-4-6-19(15)20)12-16-10-18(22)11-17-13-24-14-25-21(16)17/h1,3-6,10-11,20H,7-9,12-14H2. The molecular weight excluding hydrogens is 334 g/mol. The summed E-state index contributed by atoms with van der Waals surface area (Å²) in [5.41, 5.74) is 4.89. The van der Waals surface area contributed by atoms with Crippen molar-refractivity contribution in [1.29, 1.82) is 0 Å². The summed E-state index contributed by atoms with van der Waals surface area (Å²) in [6, 6.07) is 12.9. The van der Waals surface area contributed by atoms with E-state index in [0.29, 0.717) is 30.8 Å². The van der Waals surface area contributed by atoms with Crippen LogP contribution in [0.4, 0.5) is 0 Å². The second kappa shape index (κ2) is 7.09. The number of fused-ring (bicyclic) bond motifs is 2. The normalized spacial score (nSPS) is 18.4. The largest absolute Gasteiger partial charge is 0.467 e. The van der Waals surface area contributed by atoms with Crippen LogP contribution in [0.15, 0.2) is 36.4 Å². The molecule has 1 heterocycles. The summed E-state index contributed by atoms with van der Waals surface area (Å²) in [5.74, 6) is 3.71. The summed E-state index contributed by atoms with van der Waals surface area (Å²) in [4.78, 5) is 2.34. The van der Waals surface area contributed by atoms with E-state index >= 15 is 0 Å². The summed E-state index contributed by atoms with van der Waals surface area (Å²) < 4.78 is 11.1. The second-order valence-electron chi connectivity index (χ2n) is 6.53. The molecule has 1 unspecified atom stereocenters. The minimum absolute atomic E-state index is 0.281. The minimum atomic E-state index is 0.281. The first-order valence-electron chi connectivity index (χ1n) is 8.53. The lowest BCUT2D eigenvalue weighted by Crippen LogP contribution is -2.28. The predicted molar refractivity (Wildman–Crippen MR) is 98.5 cm³/mol. The molecule has 1 atom stereocenters. The van der Waals surface area contributed by atoms with Crippen molar-refractivity contribution in [3.63, 3.8) is 0 Å². The number of rotatable bonds is 4. The van der Waals surface area contributed by atoms with Crippen LogP contribution in [0, 0.1) is 12.3 Å². The van der Waals surface area contributed by atoms with Gasteiger partial charge in [-0.1, -0.05) is 41.8 Å². The maximum Gasteiger partial charge on any atom is 0.189 e. The highest BCUT2D eigenvalue weighted by atomic mass is 35.5. The molecule has 1 aliphatic heterocycles. The highest BCUT2D eigenvalue weighted by Gasteiger charge is 2.28. The number of ether oxygens (including phenoxy) is 2. The average molecular weight is 354 g/mol. The van der Waals surface area contributed by atoms with Gasteiger partial charge in [-0.3, -0.25) is 4.90 Å². The maximum absolute atomic E-state index is 6.31. The first kappa shape index (κ1) is 16.5. The Morgan fingerprint density at radius 3 is 3.00 bits per heavy atom. The fourth-order valence-electron chi connectivity index (χ4n) is 3.90. The first-order valence-corrected chi connectivity index (χ1v) is 8.91. The summed E-state index contributed by atoms with van der Waals surface area (Å²) in [5, 5.41) is 0.704. The number of nitrogens with zero attached hydrogens (tertiary/aromatic N) is 1. The van der Waals surface area contributed by atoms with E-state index in [-0.39, 0.29) is 6.79 Å². The molecule has 0 N–H and O–H groups in total. The number of hydrogen-bond acceptors (Lipinski definition) is 3. The van der Waals surface area contributed by atoms with Crippen molar-refractivity contribution < 1.29 is 9.47 Å². The summed E-state index contributed by atoms with van der Waals surface area (Å²) in [6.07, 6.45) is 7.86. The SMILES string of the molecule is C#CCN(Cc1cc(Cl)cc2c1OCOC2)C1CCc2ccccc21. The molecule has 2 aliphatic rings. The molecule has 0 spiro atoms. The number of benzene rings is 2. The molecule has 0 fully saturated rings. The van der Waals surface area contributed by atoms with Crippen LogP contribution in [-0.2, 0) is 24.3 Å². The molecule has 0 saturated carbocycles. The Labute approximate surface area is 153 Å². The Morgan fingerprint density at radius 2 is 2.12 bits per heavy atom. The Morgan fingerprint density at radius 1 is 1.24 bits per heavy atom. The smallest absolute Gasteiger partial charge is 0.189 e. The van der Waals surface area contributed by atoms with Gasteiger partial charge >= 0.3 is 0 Å². The molecule has 128 valence electrons. The third-order valence-corrected chi connectivity index (χ3v) is 5.18. The summed E-state index contributed by atoms with van der Waals surface area (Å²) in [7, 11) is 0. The van der Waals surface area contributed by atoms with Crippen molar-refractivity contribution in [2.45, 2.75) is 32.0 Å². The number of halogens is 1. The first-order chi connectivity index (χ1) is 12.3. The zero-order valence-corrected chi connectivity index (χ0v) is 14.8. The van der Waals surface area contributed by atoms with E-state index in [1.165, 1.54) is 11.1 Å². The molecule has 2 aromatic rings. The van der Waals surface area contributed by atoms with Crippen LogP contribution in [-0.4, -0.2) is 18.2 Å². The lowest BCUT2D eigenvalue weighted by atomic mass is 10.0. The lowest BCUT2D eigenvalue weighted by Gasteiger charge is -2.30. The van der Waals surface area contributed by atoms with Gasteiger partial charge in [0.15, 0.2) is 6.79 Å². The van der Waals surface area contributed by atoms with Gasteiger partial charge in [-0.15, -0.1) is 6.42 Å². The van der Waals surface area contributed by atoms with Crippen molar-refractivity contribution in [1.82, 2.24) is 4.90 Å². The van der Waals surface area contributed by atoms with Gasteiger partial charge in [-0.25, -0.2) is 0 Å². The van der Waals surface area contributed by atoms with Crippen molar-refractivity contribution in [3.05, 3.63) is 63.7 Å². The van der Waals surface area contributed by atoms with E-state index in [0.717, 1.165) is 29.7 Å². The number of aryl methyl sites for hydroxylation is 1. The van der Waals surface area contributed by atoms with Gasteiger partial charge in [0, 0.05) is 28.7 Å². The van der Waals surface area contributed by atoms with E-state index < -0.39 is 0 Å². The minimum Gasteiger partial charge on any atom is -0.467 e. The molecular formula is C21H20ClNO2. The van der Waals surface area contributed by atoms with Crippen LogP contribution >= 0.6 is 11.6 Å². The van der Waals surface area contributed by atoms with E-state index in [9.17, 15) is 0 Å². The molecule has 0 aromatic heterocycles. The summed E-state index contributed by atoms with van der Waals surface area (Å²) >= 11 is 6.31. The quantitative estimate of drug-likeness (QED) is 0.764. The van der Waals surface area contributed by atoms with Crippen molar-refractivity contribution >= 4 is 11.6 Å². The van der Waals surface area contributed by atoms with Gasteiger partial charge in [0.2, 0.25) is 0 Å². The highest BCUT2D eigenvalue weighted by molar-refractivity contribution is 6.30. The molecule has 3 nitrogen and oxygen atoms in total. The molecule has 0 radical (unpaired) electrons. The van der Waals surface area contributed by atoms with Gasteiger partial charge in [0.05, 0.1) is 13.2 Å². The van der Waals surface area contributed by atoms with Gasteiger partial charge in [-0.2, -0.15) is 0 Å². The molecule has 4 heteroatoms. The number of hydrogen-bond donors (Lipinski definition) is 0. The molecule has 1 aliphatic carbocycles. The van der Waals surface area contributed by atoms with Crippen molar-refractivity contribution in [2.24, 2.45) is 0 Å². The highest BCUT2D eigenvalue weighted by Crippen LogP contribution is 2.38. The lowest BCUT2D eigenvalue weighted by molar-refractivity contribution is -0.0175. The van der Waals surface area contributed by atoms with E-state index in [4.69, 9.17) is 27.5 Å². The molecule has 0 saturated heterocycles. The fourth-order valence-corrected chi connectivity index (χ4v) is 4.16. The third-order valence-electron chi connectivity index (χ3n) is 4.96. The Bertz CT molecular complexity index is 827. The Kier molecular flexibility index (Phi) is 4.67. The van der Waals surface area contributed by atoms with Crippen LogP contribution < -0.4 is 4.74 Å². The number of terminal acetylenes is 1. The monoisotopic (exact) mass is 353 g/mol. The van der Waals surface area contributed by atoms with Crippen LogP contribution in [0.3, 0.4) is 0 Å². The van der Waals surface area contributed by atoms with Crippen molar-refractivity contribution in [2.75, 3.05) is 13.3 Å². The van der Waals surface area contributed by atoms with E-state index in [1.807, 2.05) is 12.1 Å². The van der Waals surface area contributed by atoms with Crippen LogP contribution in [0.2, 0.25) is 5.02 Å². The van der Waals surface area contributed by atoms with E-state index in [1.54, 1.807) is 0 Å². The molecule has 2 aromatic carbocycles. The zero-order valence-electron chi connectivity index (χ0n) is 14.0. The fraction of sp³-hybridized carbons (Fsp3) is 0.333. The van der Waals surface area contributed by atoms with Gasteiger partial charge in [-0.05, 0) is 36.1 Å². The second-order valence-corrected chi connectivity index (χ2v) is 6.96. The Hall–Kier alpha value is -1.99. The van der Waals surface area contributed by atoms with Crippen LogP contribution in [0.5, 0.6) is 5.75 Å². The van der Waals surface area contributed by atoms with Crippen molar-refractivity contribution in [3.8, 4) is 18.1 Å².